The molecule has 1 aliphatic carbocycles. The number of hydrogen-bond donors (Lipinski definition) is 1. The maximum atomic E-state index is 12.4. The Morgan fingerprint density at radius 3 is 2.44 bits per heavy atom. The van der Waals surface area contributed by atoms with Gasteiger partial charge >= 0.3 is 0 Å². The normalized spacial score (nSPS) is 20.4. The summed E-state index contributed by atoms with van der Waals surface area (Å²) >= 11 is 0. The van der Waals surface area contributed by atoms with E-state index >= 15 is 0 Å². The Kier molecular flexibility index (Phi) is 2.59. The van der Waals surface area contributed by atoms with E-state index in [2.05, 4.69) is 0 Å². The highest BCUT2D eigenvalue weighted by Crippen LogP contribution is 2.48. The van der Waals surface area contributed by atoms with Crippen molar-refractivity contribution in [3.8, 4) is 0 Å². The van der Waals surface area contributed by atoms with Gasteiger partial charge in [0.2, 0.25) is 0 Å². The summed E-state index contributed by atoms with van der Waals surface area (Å²) in [5.41, 5.74) is 6.77. The molecule has 1 fully saturated rings. The Labute approximate surface area is 96.6 Å². The molecule has 1 saturated carbocycles. The largest absolute Gasteiger partial charge is 0.327 e. The van der Waals surface area contributed by atoms with Crippen LogP contribution in [0.1, 0.15) is 25.3 Å². The molecule has 0 heterocycles. The first-order valence-corrected chi connectivity index (χ1v) is 6.95. The fourth-order valence-electron chi connectivity index (χ4n) is 2.11. The average Bonchev–Trinajstić information content (AvgIpc) is 2.98. The van der Waals surface area contributed by atoms with Gasteiger partial charge in [-0.2, -0.15) is 0 Å². The van der Waals surface area contributed by atoms with Gasteiger partial charge in [0, 0.05) is 6.04 Å². The number of rotatable bonds is 3. The summed E-state index contributed by atoms with van der Waals surface area (Å²) in [6, 6.07) is 6.74. The van der Waals surface area contributed by atoms with Crippen molar-refractivity contribution in [2.45, 2.75) is 42.4 Å². The van der Waals surface area contributed by atoms with Crippen molar-refractivity contribution >= 4 is 9.84 Å². The van der Waals surface area contributed by atoms with E-state index in [9.17, 15) is 8.42 Å². The molecule has 0 bridgehead atoms. The van der Waals surface area contributed by atoms with Crippen LogP contribution in [-0.2, 0) is 9.84 Å². The van der Waals surface area contributed by atoms with Crippen LogP contribution in [0.3, 0.4) is 0 Å². The number of sulfone groups is 1. The summed E-state index contributed by atoms with van der Waals surface area (Å²) in [6.07, 6.45) is 1.36. The van der Waals surface area contributed by atoms with Crippen LogP contribution in [0, 0.1) is 6.92 Å². The molecule has 0 aliphatic heterocycles. The predicted molar refractivity (Wildman–Crippen MR) is 64.0 cm³/mol. The number of nitrogens with two attached hydrogens (primary N) is 1. The lowest BCUT2D eigenvalue weighted by atomic mass is 10.2. The Morgan fingerprint density at radius 2 is 2.00 bits per heavy atom. The fourth-order valence-corrected chi connectivity index (χ4v) is 4.31. The van der Waals surface area contributed by atoms with Crippen LogP contribution in [0.5, 0.6) is 0 Å². The zero-order chi connectivity index (χ0) is 12.0. The number of aryl methyl sites for hydroxylation is 1. The standard InChI is InChI=1S/C12H17NO2S/c1-9-4-3-5-11(8-9)16(14,15)12(6-7-12)10(2)13/h3-5,8,10H,6-7,13H2,1-2H3. The Hall–Kier alpha value is -0.870. The third-order valence-corrected chi connectivity index (χ3v) is 6.13. The van der Waals surface area contributed by atoms with Gasteiger partial charge < -0.3 is 5.73 Å². The van der Waals surface area contributed by atoms with Crippen molar-refractivity contribution in [2.24, 2.45) is 5.73 Å². The Balaban J connectivity index is 2.48. The third kappa shape index (κ3) is 1.57. The highest BCUT2D eigenvalue weighted by molar-refractivity contribution is 7.93. The van der Waals surface area contributed by atoms with E-state index in [-0.39, 0.29) is 6.04 Å². The second-order valence-corrected chi connectivity index (χ2v) is 6.96. The van der Waals surface area contributed by atoms with Crippen molar-refractivity contribution in [3.05, 3.63) is 29.8 Å². The summed E-state index contributed by atoms with van der Waals surface area (Å²) in [4.78, 5) is 0.405. The molecular weight excluding hydrogens is 222 g/mol. The van der Waals surface area contributed by atoms with Gasteiger partial charge in [-0.05, 0) is 44.4 Å². The molecule has 1 atom stereocenters. The minimum absolute atomic E-state index is 0.307. The lowest BCUT2D eigenvalue weighted by molar-refractivity contribution is 0.554. The second-order valence-electron chi connectivity index (χ2n) is 4.67. The smallest absolute Gasteiger partial charge is 0.185 e. The lowest BCUT2D eigenvalue weighted by Crippen LogP contribution is -2.40. The molecule has 1 aromatic rings. The summed E-state index contributed by atoms with van der Waals surface area (Å²) < 4.78 is 24.2. The summed E-state index contributed by atoms with van der Waals surface area (Å²) in [5, 5.41) is 0. The SMILES string of the molecule is Cc1cccc(S(=O)(=O)C2(C(C)N)CC2)c1. The molecule has 3 nitrogen and oxygen atoms in total. The first-order valence-electron chi connectivity index (χ1n) is 5.47. The van der Waals surface area contributed by atoms with Gasteiger partial charge in [-0.1, -0.05) is 12.1 Å². The first kappa shape index (κ1) is 11.6. The van der Waals surface area contributed by atoms with Crippen LogP contribution in [0.15, 0.2) is 29.2 Å². The summed E-state index contributed by atoms with van der Waals surface area (Å²) in [5.74, 6) is 0. The first-order chi connectivity index (χ1) is 7.40. The van der Waals surface area contributed by atoms with Gasteiger partial charge in [0.1, 0.15) is 0 Å². The Morgan fingerprint density at radius 1 is 1.38 bits per heavy atom. The van der Waals surface area contributed by atoms with Crippen LogP contribution >= 0.6 is 0 Å². The maximum absolute atomic E-state index is 12.4. The quantitative estimate of drug-likeness (QED) is 0.872. The van der Waals surface area contributed by atoms with E-state index < -0.39 is 14.6 Å². The van der Waals surface area contributed by atoms with Gasteiger partial charge in [0.25, 0.3) is 0 Å². The zero-order valence-corrected chi connectivity index (χ0v) is 10.4. The monoisotopic (exact) mass is 239 g/mol. The van der Waals surface area contributed by atoms with E-state index in [1.165, 1.54) is 0 Å². The molecule has 0 saturated heterocycles. The molecule has 1 aliphatic rings. The summed E-state index contributed by atoms with van der Waals surface area (Å²) in [7, 11) is -3.27. The van der Waals surface area contributed by atoms with Gasteiger partial charge in [-0.15, -0.1) is 0 Å². The molecule has 0 aromatic heterocycles. The molecule has 2 rings (SSSR count). The molecule has 4 heteroatoms. The number of benzene rings is 1. The summed E-state index contributed by atoms with van der Waals surface area (Å²) in [6.45, 7) is 3.67. The van der Waals surface area contributed by atoms with E-state index in [1.54, 1.807) is 25.1 Å². The molecular formula is C12H17NO2S. The van der Waals surface area contributed by atoms with Crippen molar-refractivity contribution in [2.75, 3.05) is 0 Å². The lowest BCUT2D eigenvalue weighted by Gasteiger charge is -2.20. The molecule has 0 radical (unpaired) electrons. The van der Waals surface area contributed by atoms with Gasteiger partial charge in [0.15, 0.2) is 9.84 Å². The predicted octanol–water partition coefficient (Wildman–Crippen LogP) is 1.65. The van der Waals surface area contributed by atoms with E-state index in [1.807, 2.05) is 13.0 Å². The van der Waals surface area contributed by atoms with Crippen LogP contribution in [0.4, 0.5) is 0 Å². The molecule has 16 heavy (non-hydrogen) atoms. The van der Waals surface area contributed by atoms with Crippen molar-refractivity contribution in [1.82, 2.24) is 0 Å². The van der Waals surface area contributed by atoms with Crippen LogP contribution in [0.25, 0.3) is 0 Å². The van der Waals surface area contributed by atoms with Gasteiger partial charge in [-0.25, -0.2) is 8.42 Å². The minimum atomic E-state index is -3.27. The second kappa shape index (κ2) is 3.57. The maximum Gasteiger partial charge on any atom is 0.185 e. The number of hydrogen-bond acceptors (Lipinski definition) is 3. The molecule has 0 amide bonds. The van der Waals surface area contributed by atoms with Crippen LogP contribution < -0.4 is 5.73 Å². The molecule has 1 aromatic carbocycles. The molecule has 2 N–H and O–H groups in total. The fraction of sp³-hybridized carbons (Fsp3) is 0.500. The minimum Gasteiger partial charge on any atom is -0.327 e. The van der Waals surface area contributed by atoms with Crippen molar-refractivity contribution < 1.29 is 8.42 Å². The average molecular weight is 239 g/mol. The van der Waals surface area contributed by atoms with E-state index in [0.717, 1.165) is 5.56 Å². The topological polar surface area (TPSA) is 60.2 Å². The molecule has 0 spiro atoms. The highest BCUT2D eigenvalue weighted by atomic mass is 32.2. The van der Waals surface area contributed by atoms with E-state index in [4.69, 9.17) is 5.73 Å². The van der Waals surface area contributed by atoms with Crippen molar-refractivity contribution in [3.63, 3.8) is 0 Å². The van der Waals surface area contributed by atoms with Crippen LogP contribution in [-0.4, -0.2) is 19.2 Å². The van der Waals surface area contributed by atoms with Crippen molar-refractivity contribution in [1.29, 1.82) is 0 Å². The third-order valence-electron chi connectivity index (χ3n) is 3.41. The van der Waals surface area contributed by atoms with Gasteiger partial charge in [-0.3, -0.25) is 0 Å². The Bertz CT molecular complexity index is 502. The molecule has 1 unspecified atom stereocenters. The molecule has 88 valence electrons. The zero-order valence-electron chi connectivity index (χ0n) is 9.60. The van der Waals surface area contributed by atoms with E-state index in [0.29, 0.717) is 17.7 Å². The van der Waals surface area contributed by atoms with Crippen LogP contribution in [0.2, 0.25) is 0 Å². The van der Waals surface area contributed by atoms with Gasteiger partial charge in [0.05, 0.1) is 9.64 Å². The highest BCUT2D eigenvalue weighted by Gasteiger charge is 2.57.